The van der Waals surface area contributed by atoms with Crippen molar-refractivity contribution >= 4 is 5.91 Å². The number of nitrogens with one attached hydrogen (secondary N) is 1. The highest BCUT2D eigenvalue weighted by Gasteiger charge is 2.42. The highest BCUT2D eigenvalue weighted by Crippen LogP contribution is 2.34. The minimum Gasteiger partial charge on any atom is -0.323 e. The molecule has 110 valence electrons. The summed E-state index contributed by atoms with van der Waals surface area (Å²) >= 11 is 0. The molecule has 1 aliphatic carbocycles. The second-order valence-electron chi connectivity index (χ2n) is 7.35. The van der Waals surface area contributed by atoms with Gasteiger partial charge in [-0.25, -0.2) is 0 Å². The van der Waals surface area contributed by atoms with E-state index in [0.717, 1.165) is 18.3 Å². The highest BCUT2D eigenvalue weighted by atomic mass is 16.2. The van der Waals surface area contributed by atoms with Crippen molar-refractivity contribution in [1.29, 1.82) is 0 Å². The fraction of sp³-hybridized carbons (Fsp3) is 0.938. The molecule has 19 heavy (non-hydrogen) atoms. The molecule has 4 unspecified atom stereocenters. The predicted molar refractivity (Wildman–Crippen MR) is 78.7 cm³/mol. The van der Waals surface area contributed by atoms with Gasteiger partial charge in [-0.2, -0.15) is 0 Å². The zero-order chi connectivity index (χ0) is 14.2. The first-order valence-corrected chi connectivity index (χ1v) is 7.96. The summed E-state index contributed by atoms with van der Waals surface area (Å²) in [6, 6.07) is 0.448. The van der Waals surface area contributed by atoms with Gasteiger partial charge in [-0.1, -0.05) is 27.7 Å². The van der Waals surface area contributed by atoms with Crippen molar-refractivity contribution in [3.05, 3.63) is 0 Å². The molecular formula is C16H30N2O. The molecule has 1 saturated carbocycles. The molecule has 0 aromatic heterocycles. The van der Waals surface area contributed by atoms with Crippen LogP contribution in [0.5, 0.6) is 0 Å². The van der Waals surface area contributed by atoms with Gasteiger partial charge in [0, 0.05) is 6.04 Å². The molecule has 1 saturated heterocycles. The van der Waals surface area contributed by atoms with Crippen LogP contribution in [0.4, 0.5) is 0 Å². The van der Waals surface area contributed by atoms with Crippen LogP contribution in [-0.2, 0) is 4.79 Å². The Hall–Kier alpha value is -0.570. The summed E-state index contributed by atoms with van der Waals surface area (Å²) in [7, 11) is 0. The van der Waals surface area contributed by atoms with E-state index in [1.807, 2.05) is 6.92 Å². The molecule has 2 rings (SSSR count). The Morgan fingerprint density at radius 3 is 2.26 bits per heavy atom. The summed E-state index contributed by atoms with van der Waals surface area (Å²) in [5.41, 5.74) is 0. The third-order valence-electron chi connectivity index (χ3n) is 4.64. The zero-order valence-corrected chi connectivity index (χ0v) is 13.1. The van der Waals surface area contributed by atoms with Crippen molar-refractivity contribution in [2.24, 2.45) is 17.8 Å². The molecule has 3 heteroatoms. The molecule has 1 heterocycles. The molecule has 3 nitrogen and oxygen atoms in total. The van der Waals surface area contributed by atoms with Crippen LogP contribution in [0.15, 0.2) is 0 Å². The molecule has 4 atom stereocenters. The molecule has 1 aliphatic heterocycles. The van der Waals surface area contributed by atoms with Crippen LogP contribution >= 0.6 is 0 Å². The van der Waals surface area contributed by atoms with E-state index in [2.05, 4.69) is 37.9 Å². The van der Waals surface area contributed by atoms with Gasteiger partial charge in [0.05, 0.1) is 12.2 Å². The maximum Gasteiger partial charge on any atom is 0.240 e. The van der Waals surface area contributed by atoms with E-state index in [9.17, 15) is 4.79 Å². The lowest BCUT2D eigenvalue weighted by Crippen LogP contribution is -2.48. The van der Waals surface area contributed by atoms with Crippen LogP contribution in [0.2, 0.25) is 0 Å². The smallest absolute Gasteiger partial charge is 0.240 e. The van der Waals surface area contributed by atoms with E-state index in [0.29, 0.717) is 17.9 Å². The lowest BCUT2D eigenvalue weighted by Gasteiger charge is -2.40. The van der Waals surface area contributed by atoms with Crippen molar-refractivity contribution in [2.45, 2.75) is 78.6 Å². The average Bonchev–Trinajstić information content (AvgIpc) is 2.52. The Balaban J connectivity index is 2.11. The quantitative estimate of drug-likeness (QED) is 0.851. The monoisotopic (exact) mass is 266 g/mol. The molecular weight excluding hydrogens is 236 g/mol. The third kappa shape index (κ3) is 3.31. The Morgan fingerprint density at radius 1 is 1.16 bits per heavy atom. The summed E-state index contributed by atoms with van der Waals surface area (Å²) in [5, 5.41) is 3.49. The van der Waals surface area contributed by atoms with Gasteiger partial charge in [0.25, 0.3) is 0 Å². The molecule has 0 bridgehead atoms. The van der Waals surface area contributed by atoms with Crippen LogP contribution in [0.1, 0.15) is 60.3 Å². The molecule has 2 aliphatic rings. The molecule has 0 radical (unpaired) electrons. The Morgan fingerprint density at radius 2 is 1.74 bits per heavy atom. The van der Waals surface area contributed by atoms with E-state index < -0.39 is 0 Å². The maximum absolute atomic E-state index is 12.5. The zero-order valence-electron chi connectivity index (χ0n) is 13.1. The van der Waals surface area contributed by atoms with Gasteiger partial charge < -0.3 is 4.90 Å². The van der Waals surface area contributed by atoms with Crippen molar-refractivity contribution in [1.82, 2.24) is 10.2 Å². The van der Waals surface area contributed by atoms with E-state index in [1.54, 1.807) is 0 Å². The molecule has 1 N–H and O–H groups in total. The number of rotatable bonds is 3. The van der Waals surface area contributed by atoms with Crippen LogP contribution in [0.3, 0.4) is 0 Å². The number of carbonyl (C=O) groups is 1. The van der Waals surface area contributed by atoms with E-state index >= 15 is 0 Å². The SMILES string of the molecule is CC(C)CC1NC(C)C(=O)N1C1CC(C)CC(C)C1. The van der Waals surface area contributed by atoms with Crippen LogP contribution in [0, 0.1) is 17.8 Å². The van der Waals surface area contributed by atoms with Crippen LogP contribution in [-0.4, -0.2) is 29.1 Å². The fourth-order valence-corrected chi connectivity index (χ4v) is 4.01. The number of hydrogen-bond acceptors (Lipinski definition) is 2. The number of carbonyl (C=O) groups excluding carboxylic acids is 1. The first-order valence-electron chi connectivity index (χ1n) is 7.96. The van der Waals surface area contributed by atoms with Gasteiger partial charge in [-0.3, -0.25) is 10.1 Å². The fourth-order valence-electron chi connectivity index (χ4n) is 4.01. The first kappa shape index (κ1) is 14.8. The lowest BCUT2D eigenvalue weighted by molar-refractivity contribution is -0.133. The topological polar surface area (TPSA) is 32.3 Å². The lowest BCUT2D eigenvalue weighted by atomic mass is 9.79. The number of nitrogens with zero attached hydrogens (tertiary/aromatic N) is 1. The van der Waals surface area contributed by atoms with Gasteiger partial charge in [0.15, 0.2) is 0 Å². The summed E-state index contributed by atoms with van der Waals surface area (Å²) < 4.78 is 0. The molecule has 1 amide bonds. The summed E-state index contributed by atoms with van der Waals surface area (Å²) in [4.78, 5) is 14.7. The second-order valence-corrected chi connectivity index (χ2v) is 7.35. The minimum atomic E-state index is -0.00344. The van der Waals surface area contributed by atoms with Crippen LogP contribution in [0.25, 0.3) is 0 Å². The summed E-state index contributed by atoms with van der Waals surface area (Å²) in [6.07, 6.45) is 4.99. The summed E-state index contributed by atoms with van der Waals surface area (Å²) in [6.45, 7) is 11.1. The third-order valence-corrected chi connectivity index (χ3v) is 4.64. The Kier molecular flexibility index (Phi) is 4.54. The molecule has 2 fully saturated rings. The molecule has 0 spiro atoms. The van der Waals surface area contributed by atoms with Gasteiger partial charge in [0.1, 0.15) is 0 Å². The van der Waals surface area contributed by atoms with Crippen molar-refractivity contribution < 1.29 is 4.79 Å². The number of hydrogen-bond donors (Lipinski definition) is 1. The van der Waals surface area contributed by atoms with Gasteiger partial charge in [-0.05, 0) is 50.4 Å². The highest BCUT2D eigenvalue weighted by molar-refractivity contribution is 5.84. The maximum atomic E-state index is 12.5. The van der Waals surface area contributed by atoms with Crippen molar-refractivity contribution in [3.63, 3.8) is 0 Å². The van der Waals surface area contributed by atoms with Crippen molar-refractivity contribution in [3.8, 4) is 0 Å². The molecule has 0 aromatic rings. The Bertz CT molecular complexity index is 319. The standard InChI is InChI=1S/C16H30N2O/c1-10(2)6-15-17-13(5)16(19)18(15)14-8-11(3)7-12(4)9-14/h10-15,17H,6-9H2,1-5H3. The van der Waals surface area contributed by atoms with Gasteiger partial charge in [-0.15, -0.1) is 0 Å². The van der Waals surface area contributed by atoms with Crippen molar-refractivity contribution in [2.75, 3.05) is 0 Å². The predicted octanol–water partition coefficient (Wildman–Crippen LogP) is 3.00. The molecule has 0 aromatic carbocycles. The minimum absolute atomic E-state index is 0.00344. The van der Waals surface area contributed by atoms with E-state index in [1.165, 1.54) is 19.3 Å². The van der Waals surface area contributed by atoms with Crippen LogP contribution < -0.4 is 5.32 Å². The summed E-state index contributed by atoms with van der Waals surface area (Å²) in [5.74, 6) is 2.43. The van der Waals surface area contributed by atoms with E-state index in [-0.39, 0.29) is 12.2 Å². The Labute approximate surface area is 118 Å². The number of amides is 1. The average molecular weight is 266 g/mol. The second kappa shape index (κ2) is 5.82. The van der Waals surface area contributed by atoms with Gasteiger partial charge >= 0.3 is 0 Å². The first-order chi connectivity index (χ1) is 8.88. The van der Waals surface area contributed by atoms with E-state index in [4.69, 9.17) is 0 Å². The normalized spacial score (nSPS) is 40.2. The largest absolute Gasteiger partial charge is 0.323 e. The van der Waals surface area contributed by atoms with Gasteiger partial charge in [0.2, 0.25) is 5.91 Å².